The zero-order valence-electron chi connectivity index (χ0n) is 24.4. The summed E-state index contributed by atoms with van der Waals surface area (Å²) in [5.41, 5.74) is 9.00. The van der Waals surface area contributed by atoms with Crippen molar-refractivity contribution in [3.63, 3.8) is 0 Å². The van der Waals surface area contributed by atoms with Crippen LogP contribution in [0.25, 0.3) is 10.2 Å². The van der Waals surface area contributed by atoms with E-state index in [1.807, 2.05) is 48.5 Å². The first-order valence-electron chi connectivity index (χ1n) is 14.4. The molecular formula is C32H33N7O5S. The number of para-hydroxylation sites is 1. The number of rotatable bonds is 9. The molecule has 0 saturated carbocycles. The molecular weight excluding hydrogens is 594 g/mol. The SMILES string of the molecule is C=CCN(C(=O)NCc1ccccc1)N1CC(=O)N2[C@@H](Cc3ccc(O)c(O)c3)C(=O)N(Cc3cccc4sc(N)nc34)C[C@@H]21. The van der Waals surface area contributed by atoms with Crippen molar-refractivity contribution in [2.75, 3.05) is 25.4 Å². The Morgan fingerprint density at radius 3 is 2.64 bits per heavy atom. The number of piperazine rings is 1. The van der Waals surface area contributed by atoms with E-state index in [9.17, 15) is 24.6 Å². The van der Waals surface area contributed by atoms with Gasteiger partial charge in [-0.2, -0.15) is 5.01 Å². The lowest BCUT2D eigenvalue weighted by atomic mass is 9.99. The zero-order valence-corrected chi connectivity index (χ0v) is 25.2. The standard InChI is InChI=1S/C32H33N7O5S/c1-2-13-37(32(44)34-16-20-7-4-3-5-8-20)38-19-28(42)39-23(14-21-11-12-24(40)25(41)15-21)30(43)36(18-27(38)39)17-22-9-6-10-26-29(22)35-31(33)45-26/h2-12,15,23,27,40-41H,1,13-14,16-19H2,(H2,33,35)(H,34,44)/t23-,27+/m0/s1. The first-order chi connectivity index (χ1) is 21.7. The number of fused-ring (bicyclic) bond motifs is 2. The van der Waals surface area contributed by atoms with Crippen LogP contribution in [-0.2, 0) is 29.1 Å². The van der Waals surface area contributed by atoms with Crippen LogP contribution in [0.3, 0.4) is 0 Å². The normalized spacial score (nSPS) is 18.3. The van der Waals surface area contributed by atoms with E-state index in [1.54, 1.807) is 22.1 Å². The molecule has 2 aliphatic heterocycles. The number of benzene rings is 3. The molecule has 2 fully saturated rings. The summed E-state index contributed by atoms with van der Waals surface area (Å²) in [6.07, 6.45) is 1.02. The van der Waals surface area contributed by atoms with E-state index in [2.05, 4.69) is 16.9 Å². The maximum Gasteiger partial charge on any atom is 0.332 e. The Labute approximate surface area is 263 Å². The summed E-state index contributed by atoms with van der Waals surface area (Å²) in [5.74, 6) is -1.19. The summed E-state index contributed by atoms with van der Waals surface area (Å²) in [6.45, 7) is 4.49. The van der Waals surface area contributed by atoms with Crippen LogP contribution in [0.1, 0.15) is 16.7 Å². The number of phenols is 2. The summed E-state index contributed by atoms with van der Waals surface area (Å²) < 4.78 is 0.900. The van der Waals surface area contributed by atoms with Crippen LogP contribution in [0.2, 0.25) is 0 Å². The minimum atomic E-state index is -0.928. The van der Waals surface area contributed by atoms with Crippen LogP contribution in [0.5, 0.6) is 11.5 Å². The first-order valence-corrected chi connectivity index (χ1v) is 15.3. The Bertz CT molecular complexity index is 1760. The summed E-state index contributed by atoms with van der Waals surface area (Å²) in [7, 11) is 0. The van der Waals surface area contributed by atoms with Gasteiger partial charge in [-0.15, -0.1) is 6.58 Å². The van der Waals surface area contributed by atoms with E-state index in [0.717, 1.165) is 15.8 Å². The third-order valence-corrected chi connectivity index (χ3v) is 8.90. The summed E-state index contributed by atoms with van der Waals surface area (Å²) in [5, 5.41) is 26.5. The van der Waals surface area contributed by atoms with Gasteiger partial charge in [0.25, 0.3) is 0 Å². The molecule has 2 atom stereocenters. The highest BCUT2D eigenvalue weighted by molar-refractivity contribution is 7.22. The number of amides is 4. The molecule has 4 amide bonds. The smallest absolute Gasteiger partial charge is 0.332 e. The Morgan fingerprint density at radius 1 is 1.09 bits per heavy atom. The number of thiazole rings is 1. The van der Waals surface area contributed by atoms with Crippen molar-refractivity contribution in [2.24, 2.45) is 0 Å². The molecule has 0 unspecified atom stereocenters. The van der Waals surface area contributed by atoms with Gasteiger partial charge in [-0.25, -0.2) is 9.78 Å². The second kappa shape index (κ2) is 12.5. The number of hydrogen-bond donors (Lipinski definition) is 4. The zero-order chi connectivity index (χ0) is 31.7. The Kier molecular flexibility index (Phi) is 8.28. The number of aromatic hydroxyl groups is 2. The van der Waals surface area contributed by atoms with E-state index < -0.39 is 18.2 Å². The topological polar surface area (TPSA) is 156 Å². The first kappa shape index (κ1) is 29.9. The van der Waals surface area contributed by atoms with Gasteiger partial charge >= 0.3 is 6.03 Å². The molecule has 3 aromatic carbocycles. The van der Waals surface area contributed by atoms with Crippen LogP contribution in [0.15, 0.2) is 79.4 Å². The Hall–Kier alpha value is -5.14. The lowest BCUT2D eigenvalue weighted by Crippen LogP contribution is -2.66. The van der Waals surface area contributed by atoms with Gasteiger partial charge in [0, 0.05) is 19.5 Å². The van der Waals surface area contributed by atoms with Crippen molar-refractivity contribution in [1.82, 2.24) is 30.1 Å². The van der Waals surface area contributed by atoms with Crippen LogP contribution in [-0.4, -0.2) is 84.7 Å². The second-order valence-electron chi connectivity index (χ2n) is 11.0. The van der Waals surface area contributed by atoms with E-state index in [4.69, 9.17) is 5.73 Å². The molecule has 0 bridgehead atoms. The minimum Gasteiger partial charge on any atom is -0.504 e. The highest BCUT2D eigenvalue weighted by Crippen LogP contribution is 2.33. The number of anilines is 1. The van der Waals surface area contributed by atoms with Crippen LogP contribution >= 0.6 is 11.3 Å². The highest BCUT2D eigenvalue weighted by Gasteiger charge is 2.52. The van der Waals surface area contributed by atoms with Gasteiger partial charge in [-0.3, -0.25) is 14.6 Å². The number of phenolic OH excluding ortho intramolecular Hbond substituents is 2. The average molecular weight is 628 g/mol. The van der Waals surface area contributed by atoms with Crippen molar-refractivity contribution in [3.05, 3.63) is 96.1 Å². The van der Waals surface area contributed by atoms with Gasteiger partial charge in [0.2, 0.25) is 11.8 Å². The van der Waals surface area contributed by atoms with E-state index in [1.165, 1.54) is 33.4 Å². The second-order valence-corrected chi connectivity index (χ2v) is 12.0. The van der Waals surface area contributed by atoms with Crippen LogP contribution in [0, 0.1) is 0 Å². The number of hydrogen-bond acceptors (Lipinski definition) is 9. The molecule has 1 aromatic heterocycles. The quantitative estimate of drug-likeness (QED) is 0.163. The van der Waals surface area contributed by atoms with Crippen molar-refractivity contribution in [1.29, 1.82) is 0 Å². The maximum atomic E-state index is 14.2. The Morgan fingerprint density at radius 2 is 1.89 bits per heavy atom. The molecule has 45 heavy (non-hydrogen) atoms. The number of nitrogen functional groups attached to an aromatic ring is 1. The number of aromatic nitrogens is 1. The van der Waals surface area contributed by atoms with Crippen molar-refractivity contribution in [2.45, 2.75) is 31.7 Å². The van der Waals surface area contributed by atoms with Gasteiger partial charge < -0.3 is 31.1 Å². The molecule has 4 aromatic rings. The average Bonchev–Trinajstić information content (AvgIpc) is 3.58. The number of carbonyl (C=O) groups is 3. The number of carbonyl (C=O) groups excluding carboxylic acids is 3. The van der Waals surface area contributed by atoms with Crippen molar-refractivity contribution in [3.8, 4) is 11.5 Å². The minimum absolute atomic E-state index is 0.0920. The number of nitrogens with two attached hydrogens (primary N) is 1. The van der Waals surface area contributed by atoms with Crippen molar-refractivity contribution < 1.29 is 24.6 Å². The molecule has 3 heterocycles. The lowest BCUT2D eigenvalue weighted by Gasteiger charge is -2.46. The van der Waals surface area contributed by atoms with E-state index >= 15 is 0 Å². The summed E-state index contributed by atoms with van der Waals surface area (Å²) >= 11 is 1.36. The number of nitrogens with one attached hydrogen (secondary N) is 1. The predicted octanol–water partition coefficient (Wildman–Crippen LogP) is 3.03. The third-order valence-electron chi connectivity index (χ3n) is 8.05. The van der Waals surface area contributed by atoms with Gasteiger partial charge in [-0.05, 0) is 34.9 Å². The van der Waals surface area contributed by atoms with Gasteiger partial charge in [0.05, 0.1) is 29.9 Å². The number of hydrazine groups is 1. The van der Waals surface area contributed by atoms with Crippen LogP contribution in [0.4, 0.5) is 9.93 Å². The fraction of sp³-hybridized carbons (Fsp3) is 0.250. The largest absolute Gasteiger partial charge is 0.504 e. The molecule has 0 aliphatic carbocycles. The number of urea groups is 1. The molecule has 0 spiro atoms. The predicted molar refractivity (Wildman–Crippen MR) is 170 cm³/mol. The highest BCUT2D eigenvalue weighted by atomic mass is 32.1. The van der Waals surface area contributed by atoms with Gasteiger partial charge in [0.15, 0.2) is 16.6 Å². The lowest BCUT2D eigenvalue weighted by molar-refractivity contribution is -0.157. The molecule has 12 nitrogen and oxygen atoms in total. The molecule has 2 aliphatic rings. The van der Waals surface area contributed by atoms with E-state index in [-0.39, 0.29) is 55.9 Å². The monoisotopic (exact) mass is 627 g/mol. The van der Waals surface area contributed by atoms with E-state index in [0.29, 0.717) is 22.8 Å². The Balaban J connectivity index is 1.33. The van der Waals surface area contributed by atoms with Gasteiger partial charge in [-0.1, -0.05) is 65.9 Å². The fourth-order valence-electron chi connectivity index (χ4n) is 5.96. The molecule has 2 saturated heterocycles. The summed E-state index contributed by atoms with van der Waals surface area (Å²) in [4.78, 5) is 49.1. The molecule has 5 N–H and O–H groups in total. The molecule has 232 valence electrons. The number of nitrogens with zero attached hydrogens (tertiary/aromatic N) is 5. The van der Waals surface area contributed by atoms with Crippen LogP contribution < -0.4 is 11.1 Å². The fourth-order valence-corrected chi connectivity index (χ4v) is 6.74. The van der Waals surface area contributed by atoms with Gasteiger partial charge in [0.1, 0.15) is 12.2 Å². The molecule has 13 heteroatoms. The molecule has 6 rings (SSSR count). The summed E-state index contributed by atoms with van der Waals surface area (Å²) in [6, 6.07) is 18.2. The molecule has 0 radical (unpaired) electrons. The third kappa shape index (κ3) is 5.99. The van der Waals surface area contributed by atoms with Crippen molar-refractivity contribution >= 4 is 44.5 Å². The maximum absolute atomic E-state index is 14.2.